The summed E-state index contributed by atoms with van der Waals surface area (Å²) >= 11 is 0. The number of benzene rings is 2. The summed E-state index contributed by atoms with van der Waals surface area (Å²) in [6.45, 7) is 0. The van der Waals surface area contributed by atoms with Gasteiger partial charge in [-0.05, 0) is 24.3 Å². The van der Waals surface area contributed by atoms with Gasteiger partial charge < -0.3 is 25.0 Å². The second kappa shape index (κ2) is 5.57. The third-order valence-electron chi connectivity index (χ3n) is 3.62. The molecule has 3 N–H and O–H groups in total. The Bertz CT molecular complexity index is 826. The average Bonchev–Trinajstić information content (AvgIpc) is 2.83. The quantitative estimate of drug-likeness (QED) is 0.758. The van der Waals surface area contributed by atoms with Gasteiger partial charge in [0.2, 0.25) is 0 Å². The van der Waals surface area contributed by atoms with Crippen LogP contribution in [-0.2, 0) is 4.79 Å². The molecular weight excluding hydrogens is 298 g/mol. The highest BCUT2D eigenvalue weighted by Gasteiger charge is 2.26. The predicted molar refractivity (Wildman–Crippen MR) is 85.8 cm³/mol. The zero-order valence-corrected chi connectivity index (χ0v) is 12.6. The molecule has 2 aromatic carbocycles. The van der Waals surface area contributed by atoms with Crippen LogP contribution in [0.4, 0.5) is 5.69 Å². The first kappa shape index (κ1) is 14.8. The number of hydrogen-bond acceptors (Lipinski definition) is 5. The molecule has 0 fully saturated rings. The maximum Gasteiger partial charge on any atom is 0.256 e. The highest BCUT2D eigenvalue weighted by Crippen LogP contribution is 2.41. The van der Waals surface area contributed by atoms with Crippen molar-refractivity contribution in [1.82, 2.24) is 0 Å². The zero-order valence-electron chi connectivity index (χ0n) is 12.6. The van der Waals surface area contributed by atoms with E-state index in [4.69, 9.17) is 9.47 Å². The Balaban J connectivity index is 2.12. The molecule has 0 aromatic heterocycles. The number of anilines is 1. The molecule has 0 saturated heterocycles. The Morgan fingerprint density at radius 3 is 2.39 bits per heavy atom. The van der Waals surface area contributed by atoms with Gasteiger partial charge in [0.25, 0.3) is 5.91 Å². The Morgan fingerprint density at radius 2 is 1.74 bits per heavy atom. The number of amides is 1. The minimum Gasteiger partial charge on any atom is -0.508 e. The molecule has 0 saturated carbocycles. The van der Waals surface area contributed by atoms with Crippen LogP contribution in [0.15, 0.2) is 30.3 Å². The van der Waals surface area contributed by atoms with Crippen LogP contribution in [0.2, 0.25) is 0 Å². The van der Waals surface area contributed by atoms with Crippen LogP contribution in [0.25, 0.3) is 11.6 Å². The summed E-state index contributed by atoms with van der Waals surface area (Å²) in [5, 5.41) is 22.0. The Kier molecular flexibility index (Phi) is 3.57. The largest absolute Gasteiger partial charge is 0.508 e. The molecule has 3 rings (SSSR count). The number of ether oxygens (including phenoxy) is 2. The van der Waals surface area contributed by atoms with Crippen molar-refractivity contribution in [3.05, 3.63) is 41.5 Å². The van der Waals surface area contributed by atoms with E-state index in [0.29, 0.717) is 33.9 Å². The van der Waals surface area contributed by atoms with Gasteiger partial charge in [-0.25, -0.2) is 0 Å². The number of phenols is 2. The third-order valence-corrected chi connectivity index (χ3v) is 3.62. The summed E-state index contributed by atoms with van der Waals surface area (Å²) in [6.07, 6.45) is 1.56. The first-order chi connectivity index (χ1) is 11.0. The summed E-state index contributed by atoms with van der Waals surface area (Å²) in [4.78, 5) is 12.2. The summed E-state index contributed by atoms with van der Waals surface area (Å²) in [5.41, 5.74) is 2.08. The van der Waals surface area contributed by atoms with E-state index in [-0.39, 0.29) is 17.4 Å². The van der Waals surface area contributed by atoms with E-state index in [1.807, 2.05) is 0 Å². The van der Waals surface area contributed by atoms with Gasteiger partial charge in [-0.2, -0.15) is 0 Å². The van der Waals surface area contributed by atoms with Gasteiger partial charge in [0.1, 0.15) is 11.5 Å². The molecule has 1 aliphatic heterocycles. The van der Waals surface area contributed by atoms with Crippen molar-refractivity contribution in [2.24, 2.45) is 0 Å². The minimum absolute atomic E-state index is 0.0488. The fourth-order valence-electron chi connectivity index (χ4n) is 2.47. The number of carbonyl (C=O) groups is 1. The van der Waals surface area contributed by atoms with Gasteiger partial charge in [-0.3, -0.25) is 4.79 Å². The van der Waals surface area contributed by atoms with Crippen molar-refractivity contribution in [3.8, 4) is 23.0 Å². The van der Waals surface area contributed by atoms with Crippen LogP contribution in [0.1, 0.15) is 11.1 Å². The SMILES string of the molecule is COc1cc2c(cc1OC)C(=Cc1ccc(O)cc1O)C(=O)N2. The molecule has 23 heavy (non-hydrogen) atoms. The molecular formula is C17H15NO5. The minimum atomic E-state index is -0.289. The Labute approximate surface area is 132 Å². The van der Waals surface area contributed by atoms with Crippen LogP contribution in [0, 0.1) is 0 Å². The normalized spacial score (nSPS) is 14.5. The van der Waals surface area contributed by atoms with Crippen molar-refractivity contribution in [3.63, 3.8) is 0 Å². The van der Waals surface area contributed by atoms with Gasteiger partial charge >= 0.3 is 0 Å². The Morgan fingerprint density at radius 1 is 1.04 bits per heavy atom. The molecule has 0 unspecified atom stereocenters. The molecule has 0 radical (unpaired) electrons. The lowest BCUT2D eigenvalue weighted by Gasteiger charge is -2.09. The van der Waals surface area contributed by atoms with Crippen molar-refractivity contribution < 1.29 is 24.5 Å². The van der Waals surface area contributed by atoms with Crippen LogP contribution in [0.3, 0.4) is 0 Å². The maximum absolute atomic E-state index is 12.2. The molecule has 6 nitrogen and oxygen atoms in total. The van der Waals surface area contributed by atoms with Crippen molar-refractivity contribution >= 4 is 23.2 Å². The highest BCUT2D eigenvalue weighted by atomic mass is 16.5. The van der Waals surface area contributed by atoms with Crippen molar-refractivity contribution in [2.75, 3.05) is 19.5 Å². The molecule has 118 valence electrons. The van der Waals surface area contributed by atoms with Crippen LogP contribution < -0.4 is 14.8 Å². The number of rotatable bonds is 3. The van der Waals surface area contributed by atoms with Gasteiger partial charge in [0.05, 0.1) is 19.9 Å². The van der Waals surface area contributed by atoms with Crippen LogP contribution in [-0.4, -0.2) is 30.3 Å². The number of fused-ring (bicyclic) bond motifs is 1. The first-order valence-electron chi connectivity index (χ1n) is 6.85. The molecule has 0 bridgehead atoms. The molecule has 6 heteroatoms. The van der Waals surface area contributed by atoms with Gasteiger partial charge in [-0.15, -0.1) is 0 Å². The van der Waals surface area contributed by atoms with Crippen molar-refractivity contribution in [2.45, 2.75) is 0 Å². The van der Waals surface area contributed by atoms with E-state index < -0.39 is 0 Å². The topological polar surface area (TPSA) is 88.0 Å². The second-order valence-electron chi connectivity index (χ2n) is 5.01. The van der Waals surface area contributed by atoms with Gasteiger partial charge in [0.15, 0.2) is 11.5 Å². The number of methoxy groups -OCH3 is 2. The second-order valence-corrected chi connectivity index (χ2v) is 5.01. The number of hydrogen-bond donors (Lipinski definition) is 3. The van der Waals surface area contributed by atoms with E-state index in [2.05, 4.69) is 5.32 Å². The molecule has 1 amide bonds. The summed E-state index contributed by atoms with van der Waals surface area (Å²) in [5.74, 6) is 0.568. The van der Waals surface area contributed by atoms with Gasteiger partial charge in [-0.1, -0.05) is 0 Å². The third kappa shape index (κ3) is 2.55. The van der Waals surface area contributed by atoms with Crippen LogP contribution in [0.5, 0.6) is 23.0 Å². The lowest BCUT2D eigenvalue weighted by Crippen LogP contribution is -2.03. The van der Waals surface area contributed by atoms with E-state index in [9.17, 15) is 15.0 Å². The Hall–Kier alpha value is -3.15. The number of aromatic hydroxyl groups is 2. The smallest absolute Gasteiger partial charge is 0.256 e. The lowest BCUT2D eigenvalue weighted by molar-refractivity contribution is -0.110. The number of carbonyl (C=O) groups excluding carboxylic acids is 1. The standard InChI is InChI=1S/C17H15NO5/c1-22-15-7-11-12(5-9-3-4-10(19)6-14(9)20)17(21)18-13(11)8-16(15)23-2/h3-8,19-20H,1-2H3,(H,18,21). The fraction of sp³-hybridized carbons (Fsp3) is 0.118. The molecule has 0 spiro atoms. The first-order valence-corrected chi connectivity index (χ1v) is 6.85. The monoisotopic (exact) mass is 313 g/mol. The summed E-state index contributed by atoms with van der Waals surface area (Å²) in [6, 6.07) is 7.58. The summed E-state index contributed by atoms with van der Waals surface area (Å²) < 4.78 is 10.5. The van der Waals surface area contributed by atoms with E-state index >= 15 is 0 Å². The molecule has 0 atom stereocenters. The molecule has 2 aromatic rings. The zero-order chi connectivity index (χ0) is 16.6. The molecule has 1 heterocycles. The van der Waals surface area contributed by atoms with Crippen molar-refractivity contribution in [1.29, 1.82) is 0 Å². The molecule has 0 aliphatic carbocycles. The van der Waals surface area contributed by atoms with Crippen LogP contribution >= 0.6 is 0 Å². The summed E-state index contributed by atoms with van der Waals surface area (Å²) in [7, 11) is 3.04. The lowest BCUT2D eigenvalue weighted by atomic mass is 10.0. The average molecular weight is 313 g/mol. The number of phenolic OH excluding ortho intramolecular Hbond substituents is 2. The van der Waals surface area contributed by atoms with E-state index in [0.717, 1.165) is 0 Å². The predicted octanol–water partition coefficient (Wildman–Crippen LogP) is 2.61. The van der Waals surface area contributed by atoms with E-state index in [1.165, 1.54) is 32.4 Å². The highest BCUT2D eigenvalue weighted by molar-refractivity contribution is 6.35. The number of nitrogens with one attached hydrogen (secondary N) is 1. The van der Waals surface area contributed by atoms with Gasteiger partial charge in [0, 0.05) is 28.8 Å². The fourth-order valence-corrected chi connectivity index (χ4v) is 2.47. The maximum atomic E-state index is 12.2. The van der Waals surface area contributed by atoms with E-state index in [1.54, 1.807) is 18.2 Å². The molecule has 1 aliphatic rings.